The smallest absolute Gasteiger partial charge is 0.314 e. The number of carboxylic acids is 1. The Morgan fingerprint density at radius 3 is 2.45 bits per heavy atom. The number of hydrogen-bond donors (Lipinski definition) is 3. The van der Waals surface area contributed by atoms with Gasteiger partial charge in [-0.05, 0) is 32.1 Å². The van der Waals surface area contributed by atoms with Crippen LogP contribution in [0.15, 0.2) is 0 Å². The molecule has 3 N–H and O–H groups in total. The number of carboxylic acid groups (broad SMARTS) is 1. The zero-order valence-electron chi connectivity index (χ0n) is 13.0. The molecule has 2 amide bonds. The van der Waals surface area contributed by atoms with Crippen molar-refractivity contribution in [3.63, 3.8) is 0 Å². The fraction of sp³-hybridized carbons (Fsp3) is 0.857. The van der Waals surface area contributed by atoms with E-state index in [-0.39, 0.29) is 24.0 Å². The first kappa shape index (κ1) is 18.7. The summed E-state index contributed by atoms with van der Waals surface area (Å²) in [7, 11) is 0. The number of rotatable bonds is 10. The maximum absolute atomic E-state index is 11.5. The lowest BCUT2D eigenvalue weighted by Crippen LogP contribution is -2.40. The second-order valence-electron chi connectivity index (χ2n) is 5.71. The predicted octanol–water partition coefficient (Wildman–Crippen LogP) is 1.99. The minimum atomic E-state index is -0.784. The Balaban J connectivity index is 3.76. The van der Waals surface area contributed by atoms with Crippen LogP contribution in [0.1, 0.15) is 47.0 Å². The summed E-state index contributed by atoms with van der Waals surface area (Å²) in [6, 6.07) is -0.217. The van der Waals surface area contributed by atoms with Gasteiger partial charge in [-0.25, -0.2) is 4.79 Å². The van der Waals surface area contributed by atoms with Gasteiger partial charge >= 0.3 is 12.0 Å². The van der Waals surface area contributed by atoms with E-state index in [1.54, 1.807) is 0 Å². The molecule has 1 unspecified atom stereocenters. The van der Waals surface area contributed by atoms with Crippen LogP contribution in [-0.2, 0) is 9.53 Å². The van der Waals surface area contributed by atoms with Crippen molar-refractivity contribution in [3.8, 4) is 0 Å². The van der Waals surface area contributed by atoms with E-state index in [1.165, 1.54) is 0 Å². The van der Waals surface area contributed by atoms with E-state index in [2.05, 4.69) is 10.6 Å². The Kier molecular flexibility index (Phi) is 8.96. The van der Waals surface area contributed by atoms with Gasteiger partial charge in [-0.2, -0.15) is 0 Å². The van der Waals surface area contributed by atoms with Crippen LogP contribution < -0.4 is 10.6 Å². The number of ether oxygens (including phenoxy) is 1. The van der Waals surface area contributed by atoms with E-state index >= 15 is 0 Å². The summed E-state index contributed by atoms with van der Waals surface area (Å²) in [5.74, 6) is -0.784. The van der Waals surface area contributed by atoms with Crippen LogP contribution in [-0.4, -0.2) is 42.9 Å². The molecule has 0 saturated heterocycles. The van der Waals surface area contributed by atoms with E-state index in [4.69, 9.17) is 9.84 Å². The number of nitrogens with one attached hydrogen (secondary N) is 2. The summed E-state index contributed by atoms with van der Waals surface area (Å²) in [5.41, 5.74) is -0.0930. The number of hydrogen-bond acceptors (Lipinski definition) is 3. The molecule has 0 aromatic heterocycles. The van der Waals surface area contributed by atoms with Crippen LogP contribution in [0.3, 0.4) is 0 Å². The molecule has 0 radical (unpaired) electrons. The number of aliphatic carboxylic acids is 1. The second-order valence-corrected chi connectivity index (χ2v) is 5.71. The van der Waals surface area contributed by atoms with Crippen molar-refractivity contribution >= 4 is 12.0 Å². The summed E-state index contributed by atoms with van der Waals surface area (Å²) < 4.78 is 5.31. The third-order valence-corrected chi connectivity index (χ3v) is 3.10. The Bertz CT molecular complexity index is 306. The van der Waals surface area contributed by atoms with Crippen LogP contribution in [0.25, 0.3) is 0 Å². The zero-order chi connectivity index (χ0) is 15.6. The molecule has 0 aromatic rings. The predicted molar refractivity (Wildman–Crippen MR) is 77.8 cm³/mol. The van der Waals surface area contributed by atoms with Gasteiger partial charge in [0, 0.05) is 26.1 Å². The molecule has 0 heterocycles. The Hall–Kier alpha value is -1.30. The van der Waals surface area contributed by atoms with Gasteiger partial charge in [0.25, 0.3) is 0 Å². The molecule has 0 saturated carbocycles. The lowest BCUT2D eigenvalue weighted by atomic mass is 9.84. The number of amides is 2. The molecule has 0 fully saturated rings. The summed E-state index contributed by atoms with van der Waals surface area (Å²) in [6.07, 6.45) is 1.50. The van der Waals surface area contributed by atoms with Gasteiger partial charge in [-0.3, -0.25) is 4.79 Å². The van der Waals surface area contributed by atoms with Crippen LogP contribution >= 0.6 is 0 Å². The molecule has 0 aromatic carbocycles. The monoisotopic (exact) mass is 288 g/mol. The van der Waals surface area contributed by atoms with E-state index < -0.39 is 5.97 Å². The summed E-state index contributed by atoms with van der Waals surface area (Å²) in [5, 5.41) is 14.2. The van der Waals surface area contributed by atoms with Crippen LogP contribution in [0, 0.1) is 5.41 Å². The van der Waals surface area contributed by atoms with Gasteiger partial charge in [0.05, 0.1) is 6.10 Å². The van der Waals surface area contributed by atoms with Crippen LogP contribution in [0.2, 0.25) is 0 Å². The van der Waals surface area contributed by atoms with Crippen molar-refractivity contribution < 1.29 is 19.4 Å². The standard InChI is InChI=1S/C14H28N2O4/c1-5-20-11(2)10-16-13(19)15-9-8-14(3,4)7-6-12(17)18/h11H,5-10H2,1-4H3,(H,17,18)(H2,15,16,19). The lowest BCUT2D eigenvalue weighted by molar-refractivity contribution is -0.137. The average Bonchev–Trinajstić information content (AvgIpc) is 2.34. The van der Waals surface area contributed by atoms with Crippen LogP contribution in [0.4, 0.5) is 4.79 Å². The van der Waals surface area contributed by atoms with E-state index in [9.17, 15) is 9.59 Å². The van der Waals surface area contributed by atoms with Gasteiger partial charge in [0.15, 0.2) is 0 Å². The lowest BCUT2D eigenvalue weighted by Gasteiger charge is -2.24. The molecule has 0 aliphatic heterocycles. The largest absolute Gasteiger partial charge is 0.481 e. The number of carbonyl (C=O) groups is 2. The fourth-order valence-electron chi connectivity index (χ4n) is 1.73. The van der Waals surface area contributed by atoms with Crippen molar-refractivity contribution in [1.29, 1.82) is 0 Å². The fourth-order valence-corrected chi connectivity index (χ4v) is 1.73. The highest BCUT2D eigenvalue weighted by molar-refractivity contribution is 5.73. The van der Waals surface area contributed by atoms with Crippen molar-refractivity contribution in [2.75, 3.05) is 19.7 Å². The highest BCUT2D eigenvalue weighted by atomic mass is 16.5. The minimum Gasteiger partial charge on any atom is -0.481 e. The van der Waals surface area contributed by atoms with Crippen molar-refractivity contribution in [2.24, 2.45) is 5.41 Å². The Morgan fingerprint density at radius 1 is 1.25 bits per heavy atom. The highest BCUT2D eigenvalue weighted by Crippen LogP contribution is 2.25. The molecule has 0 aliphatic carbocycles. The first-order valence-corrected chi connectivity index (χ1v) is 7.12. The molecule has 0 rings (SSSR count). The molecule has 0 aliphatic rings. The molecule has 0 spiro atoms. The number of carbonyl (C=O) groups excluding carboxylic acids is 1. The molecule has 6 nitrogen and oxygen atoms in total. The molecule has 1 atom stereocenters. The van der Waals surface area contributed by atoms with Crippen molar-refractivity contribution in [1.82, 2.24) is 10.6 Å². The Morgan fingerprint density at radius 2 is 1.90 bits per heavy atom. The summed E-state index contributed by atoms with van der Waals surface area (Å²) in [6.45, 7) is 9.46. The highest BCUT2D eigenvalue weighted by Gasteiger charge is 2.19. The van der Waals surface area contributed by atoms with Gasteiger partial charge in [-0.15, -0.1) is 0 Å². The normalized spacial score (nSPS) is 12.8. The first-order valence-electron chi connectivity index (χ1n) is 7.12. The summed E-state index contributed by atoms with van der Waals surface area (Å²) >= 11 is 0. The quantitative estimate of drug-likeness (QED) is 0.573. The topological polar surface area (TPSA) is 87.7 Å². The molecule has 6 heteroatoms. The maximum Gasteiger partial charge on any atom is 0.314 e. The molecular weight excluding hydrogens is 260 g/mol. The molecular formula is C14H28N2O4. The number of urea groups is 1. The molecule has 118 valence electrons. The second kappa shape index (κ2) is 9.58. The van der Waals surface area contributed by atoms with E-state index in [1.807, 2.05) is 27.7 Å². The third-order valence-electron chi connectivity index (χ3n) is 3.10. The SMILES string of the molecule is CCOC(C)CNC(=O)NCCC(C)(C)CCC(=O)O. The minimum absolute atomic E-state index is 0.00208. The van der Waals surface area contributed by atoms with Gasteiger partial charge in [-0.1, -0.05) is 13.8 Å². The van der Waals surface area contributed by atoms with Gasteiger partial charge < -0.3 is 20.5 Å². The third kappa shape index (κ3) is 10.6. The van der Waals surface area contributed by atoms with E-state index in [0.717, 1.165) is 6.42 Å². The molecule has 0 bridgehead atoms. The summed E-state index contributed by atoms with van der Waals surface area (Å²) in [4.78, 5) is 22.1. The average molecular weight is 288 g/mol. The van der Waals surface area contributed by atoms with Gasteiger partial charge in [0.1, 0.15) is 0 Å². The zero-order valence-corrected chi connectivity index (χ0v) is 13.0. The maximum atomic E-state index is 11.5. The van der Waals surface area contributed by atoms with E-state index in [0.29, 0.717) is 26.1 Å². The molecule has 20 heavy (non-hydrogen) atoms. The van der Waals surface area contributed by atoms with Crippen molar-refractivity contribution in [3.05, 3.63) is 0 Å². The van der Waals surface area contributed by atoms with Crippen molar-refractivity contribution in [2.45, 2.75) is 53.1 Å². The van der Waals surface area contributed by atoms with Gasteiger partial charge in [0.2, 0.25) is 0 Å². The first-order chi connectivity index (χ1) is 9.26. The Labute approximate surface area is 121 Å². The van der Waals surface area contributed by atoms with Crippen LogP contribution in [0.5, 0.6) is 0 Å².